The summed E-state index contributed by atoms with van der Waals surface area (Å²) in [6.07, 6.45) is 0. The molecule has 18 nitrogen and oxygen atoms in total. The molecule has 192 valence electrons. The fourth-order valence-corrected chi connectivity index (χ4v) is 0. The van der Waals surface area contributed by atoms with E-state index in [2.05, 4.69) is 0 Å². The Kier molecular flexibility index (Phi) is 162. The largest absolute Gasteiger partial charge is 1.00 e. The van der Waals surface area contributed by atoms with E-state index < -0.39 is 47.4 Å². The normalized spacial score (nSPS) is 8.43. The first-order valence-corrected chi connectivity index (χ1v) is 12.9. The van der Waals surface area contributed by atoms with Gasteiger partial charge in [-0.05, 0) is 0 Å². The van der Waals surface area contributed by atoms with Crippen molar-refractivity contribution in [3.05, 3.63) is 0 Å². The molecule has 0 rings (SSSR count). The molecule has 42 heteroatoms. The second-order valence-electron chi connectivity index (χ2n) is 2.58. The summed E-state index contributed by atoms with van der Waals surface area (Å²) in [7, 11) is -33.8. The van der Waals surface area contributed by atoms with Gasteiger partial charge in [-0.25, -0.2) is 25.2 Å². The molecule has 42 heavy (non-hydrogen) atoms. The van der Waals surface area contributed by atoms with Crippen LogP contribution in [0.15, 0.2) is 0 Å². The van der Waals surface area contributed by atoms with E-state index in [1.54, 1.807) is 0 Å². The predicted octanol–water partition coefficient (Wildman–Crippen LogP) is -43.2. The van der Waals surface area contributed by atoms with E-state index in [0.29, 0.717) is 0 Å². The minimum Gasteiger partial charge on any atom is -0.786 e. The third-order valence-corrected chi connectivity index (χ3v) is 0. The Morgan fingerprint density at radius 2 is 0.214 bits per heavy atom. The van der Waals surface area contributed by atoms with Gasteiger partial charge in [0, 0.05) is 0 Å². The van der Waals surface area contributed by atoms with Crippen molar-refractivity contribution in [2.75, 3.05) is 0 Å². The Morgan fingerprint density at radius 1 is 0.214 bits per heavy atom. The van der Waals surface area contributed by atoms with E-state index in [4.69, 9.17) is 86.1 Å². The van der Waals surface area contributed by atoms with Crippen LogP contribution in [-0.2, 0) is 27.4 Å². The zero-order valence-electron chi connectivity index (χ0n) is 24.3. The molecule has 0 heterocycles. The molecule has 0 aliphatic rings. The molecule has 0 fully saturated rings. The Hall–Kier alpha value is 7.65. The van der Waals surface area contributed by atoms with Gasteiger partial charge in [-0.2, -0.15) is 0 Å². The average Bonchev–Trinajstić information content (AvgIpc) is 1.94. The third kappa shape index (κ3) is 1770. The molecule has 0 N–H and O–H groups in total. The van der Waals surface area contributed by atoms with Crippen LogP contribution in [0.25, 0.3) is 0 Å². The molecule has 0 radical (unpaired) electrons. The van der Waals surface area contributed by atoms with Gasteiger partial charge in [-0.15, -0.1) is 0 Å². The van der Waals surface area contributed by atoms with E-state index in [-0.39, 0.29) is 226 Å². The van der Waals surface area contributed by atoms with Gasteiger partial charge in [0.15, 0.2) is 0 Å². The van der Waals surface area contributed by atoms with Gasteiger partial charge in [-0.3, -0.25) is 0 Å². The van der Waals surface area contributed by atoms with E-state index in [1.807, 2.05) is 0 Å². The summed E-state index contributed by atoms with van der Waals surface area (Å²) >= 11 is 0. The number of hydrogen-bond donors (Lipinski definition) is 0. The summed E-state index contributed by atoms with van der Waals surface area (Å²) in [6.45, 7) is 0. The molecule has 0 atom stereocenters. The van der Waals surface area contributed by atoms with Crippen molar-refractivity contribution in [1.82, 2.24) is 0 Å². The van der Waals surface area contributed by atoms with Gasteiger partial charge in [0.1, 0.15) is 47.4 Å². The second kappa shape index (κ2) is 58.0. The number of halogens is 6. The molecule has 0 unspecified atom stereocenters. The number of rotatable bonds is 0. The summed E-state index contributed by atoms with van der Waals surface area (Å²) in [6, 6.07) is 0. The van der Waals surface area contributed by atoms with Crippen LogP contribution in [0, 0.1) is 0 Å². The molecule has 0 amide bonds. The minimum atomic E-state index is -5.64. The predicted molar refractivity (Wildman–Crippen MR) is 52.3 cm³/mol. The topological polar surface area (TPSA) is 379 Å². The molecule has 0 saturated heterocycles. The Bertz CT molecular complexity index is 510. The van der Waals surface area contributed by atoms with Crippen molar-refractivity contribution >= 4 is 47.4 Å². The van der Waals surface area contributed by atoms with E-state index in [1.165, 1.54) is 0 Å². The summed E-state index contributed by atoms with van der Waals surface area (Å²) in [5, 5.41) is 0. The fraction of sp³-hybridized carbons (Fsp3) is 0. The Labute approximate surface area is 379 Å². The number of hydrogen-bond acceptors (Lipinski definition) is 18. The molecular weight excluding hydrogens is 671 g/mol. The third-order valence-electron chi connectivity index (χ3n) is 0. The molecular formula is F6Li12O18P6. The molecule has 0 aromatic carbocycles. The molecule has 0 aromatic heterocycles. The van der Waals surface area contributed by atoms with Crippen molar-refractivity contribution in [2.45, 2.75) is 0 Å². The first kappa shape index (κ1) is 117. The van der Waals surface area contributed by atoms with Gasteiger partial charge >= 0.3 is 226 Å². The van der Waals surface area contributed by atoms with Crippen LogP contribution in [0.1, 0.15) is 0 Å². The van der Waals surface area contributed by atoms with Crippen molar-refractivity contribution in [3.63, 3.8) is 0 Å². The zero-order valence-corrected chi connectivity index (χ0v) is 29.7. The zero-order chi connectivity index (χ0) is 27.0. The molecule has 0 bridgehead atoms. The summed E-state index contributed by atoms with van der Waals surface area (Å²) < 4.78 is 111. The standard InChI is InChI=1S/6FH2O3P.12Li/c6*1-5(2,3)4;;;;;;;;;;;;/h6*(H2,2,3,4);;;;;;;;;;;;/q;;;;;;12*+1/p-12. The summed E-state index contributed by atoms with van der Waals surface area (Å²) in [5.41, 5.74) is 0. The van der Waals surface area contributed by atoms with Crippen LogP contribution in [0.3, 0.4) is 0 Å². The average molecular weight is 671 g/mol. The molecule has 0 aliphatic carbocycles. The van der Waals surface area contributed by atoms with Crippen molar-refractivity contribution < 1.29 is 338 Å². The van der Waals surface area contributed by atoms with E-state index >= 15 is 0 Å². The van der Waals surface area contributed by atoms with Crippen LogP contribution < -0.4 is 285 Å². The minimum absolute atomic E-state index is 0. The van der Waals surface area contributed by atoms with E-state index in [9.17, 15) is 25.2 Å². The monoisotopic (exact) mass is 672 g/mol. The van der Waals surface area contributed by atoms with Gasteiger partial charge in [0.05, 0.1) is 0 Å². The van der Waals surface area contributed by atoms with Gasteiger partial charge < -0.3 is 86.1 Å². The van der Waals surface area contributed by atoms with Gasteiger partial charge in [-0.1, -0.05) is 0 Å². The maximum absolute atomic E-state index is 10.1. The Balaban J connectivity index is -0.00000000973. The summed E-state index contributed by atoms with van der Waals surface area (Å²) in [5.74, 6) is 0. The smallest absolute Gasteiger partial charge is 0.786 e. The summed E-state index contributed by atoms with van der Waals surface area (Å²) in [4.78, 5) is 101. The van der Waals surface area contributed by atoms with Gasteiger partial charge in [0.2, 0.25) is 0 Å². The van der Waals surface area contributed by atoms with Crippen molar-refractivity contribution in [3.8, 4) is 0 Å². The Morgan fingerprint density at radius 3 is 0.214 bits per heavy atom. The van der Waals surface area contributed by atoms with Crippen LogP contribution in [-0.4, -0.2) is 0 Å². The molecule has 0 aliphatic heterocycles. The molecule has 0 saturated carbocycles. The van der Waals surface area contributed by atoms with Crippen molar-refractivity contribution in [2.24, 2.45) is 0 Å². The molecule has 0 aromatic rings. The van der Waals surface area contributed by atoms with Crippen LogP contribution in [0.5, 0.6) is 0 Å². The quantitative estimate of drug-likeness (QED) is 0.131. The van der Waals surface area contributed by atoms with Crippen LogP contribution in [0.4, 0.5) is 25.2 Å². The van der Waals surface area contributed by atoms with Crippen LogP contribution >= 0.6 is 47.4 Å². The van der Waals surface area contributed by atoms with Gasteiger partial charge in [0.25, 0.3) is 0 Å². The maximum Gasteiger partial charge on any atom is 1.00 e. The van der Waals surface area contributed by atoms with Crippen LogP contribution in [0.2, 0.25) is 0 Å². The SMILES string of the molecule is O=P([O-])([O-])F.O=P([O-])([O-])F.O=P([O-])([O-])F.O=P([O-])([O-])F.O=P([O-])([O-])F.O=P([O-])([O-])F.[Li+].[Li+].[Li+].[Li+].[Li+].[Li+].[Li+].[Li+].[Li+].[Li+].[Li+].[Li+]. The molecule has 0 spiro atoms. The van der Waals surface area contributed by atoms with E-state index in [0.717, 1.165) is 0 Å². The first-order chi connectivity index (χ1) is 12.0. The first-order valence-electron chi connectivity index (χ1n) is 4.30. The second-order valence-corrected chi connectivity index (χ2v) is 7.75. The fourth-order valence-electron chi connectivity index (χ4n) is 0. The van der Waals surface area contributed by atoms with Crippen molar-refractivity contribution in [1.29, 1.82) is 0 Å². The maximum atomic E-state index is 10.1.